The van der Waals surface area contributed by atoms with Gasteiger partial charge >= 0.3 is 0 Å². The molecule has 102 valence electrons. The Bertz CT molecular complexity index is 504. The van der Waals surface area contributed by atoms with E-state index in [0.717, 1.165) is 12.3 Å². The maximum Gasteiger partial charge on any atom is 0.119 e. The molecule has 1 unspecified atom stereocenters. The molecule has 0 aliphatic heterocycles. The fraction of sp³-hybridized carbons (Fsp3) is 0.375. The van der Waals surface area contributed by atoms with Crippen LogP contribution in [0.5, 0.6) is 5.75 Å². The van der Waals surface area contributed by atoms with E-state index in [-0.39, 0.29) is 0 Å². The Hall–Kier alpha value is -1.32. The predicted molar refractivity (Wildman–Crippen MR) is 81.9 cm³/mol. The lowest BCUT2D eigenvalue weighted by molar-refractivity contribution is 0.340. The number of nitrogens with one attached hydrogen (secondary N) is 1. The molecule has 2 rings (SSSR count). The Balaban J connectivity index is 1.87. The third kappa shape index (κ3) is 4.08. The number of aryl methyl sites for hydroxylation is 1. The molecule has 1 N–H and O–H groups in total. The minimum atomic E-state index is 0.394. The molecule has 0 amide bonds. The molecule has 2 nitrogen and oxygen atoms in total. The van der Waals surface area contributed by atoms with E-state index in [1.165, 1.54) is 15.3 Å². The number of hydrogen-bond donors (Lipinski definition) is 1. The second-order valence-electron chi connectivity index (χ2n) is 4.63. The molecule has 19 heavy (non-hydrogen) atoms. The van der Waals surface area contributed by atoms with Crippen LogP contribution >= 0.6 is 11.3 Å². The quantitative estimate of drug-likeness (QED) is 0.848. The van der Waals surface area contributed by atoms with Crippen molar-refractivity contribution < 1.29 is 4.74 Å². The topological polar surface area (TPSA) is 21.3 Å². The molecule has 0 radical (unpaired) electrons. The summed E-state index contributed by atoms with van der Waals surface area (Å²) in [5, 5.41) is 3.55. The van der Waals surface area contributed by atoms with Crippen LogP contribution in [0.25, 0.3) is 0 Å². The van der Waals surface area contributed by atoms with Crippen LogP contribution in [0.3, 0.4) is 0 Å². The van der Waals surface area contributed by atoms with Crippen LogP contribution in [-0.2, 0) is 6.54 Å². The molecule has 1 aromatic carbocycles. The van der Waals surface area contributed by atoms with Gasteiger partial charge in [0.2, 0.25) is 0 Å². The van der Waals surface area contributed by atoms with Crippen molar-refractivity contribution in [3.63, 3.8) is 0 Å². The highest BCUT2D eigenvalue weighted by Crippen LogP contribution is 2.22. The summed E-state index contributed by atoms with van der Waals surface area (Å²) >= 11 is 1.86. The fourth-order valence-corrected chi connectivity index (χ4v) is 2.83. The third-order valence-corrected chi connectivity index (χ3v) is 4.22. The molecule has 0 bridgehead atoms. The van der Waals surface area contributed by atoms with Gasteiger partial charge in [-0.2, -0.15) is 0 Å². The first-order valence-electron chi connectivity index (χ1n) is 6.70. The van der Waals surface area contributed by atoms with Gasteiger partial charge in [-0.05, 0) is 50.6 Å². The van der Waals surface area contributed by atoms with Crippen molar-refractivity contribution in [1.82, 2.24) is 5.32 Å². The lowest BCUT2D eigenvalue weighted by Gasteiger charge is -2.12. The van der Waals surface area contributed by atoms with Crippen LogP contribution in [-0.4, -0.2) is 6.61 Å². The van der Waals surface area contributed by atoms with Crippen molar-refractivity contribution in [2.45, 2.75) is 33.4 Å². The van der Waals surface area contributed by atoms with E-state index in [1.54, 1.807) is 0 Å². The van der Waals surface area contributed by atoms with E-state index in [1.807, 2.05) is 30.4 Å². The molecule has 0 spiro atoms. The first-order chi connectivity index (χ1) is 9.19. The predicted octanol–water partition coefficient (Wildman–Crippen LogP) is 4.31. The minimum absolute atomic E-state index is 0.394. The molecule has 2 aromatic rings. The van der Waals surface area contributed by atoms with E-state index < -0.39 is 0 Å². The van der Waals surface area contributed by atoms with Crippen molar-refractivity contribution in [1.29, 1.82) is 0 Å². The normalized spacial score (nSPS) is 12.4. The highest BCUT2D eigenvalue weighted by atomic mass is 32.1. The van der Waals surface area contributed by atoms with Crippen molar-refractivity contribution in [2.24, 2.45) is 0 Å². The second-order valence-corrected chi connectivity index (χ2v) is 5.95. The van der Waals surface area contributed by atoms with Crippen molar-refractivity contribution >= 4 is 11.3 Å². The van der Waals surface area contributed by atoms with E-state index in [0.29, 0.717) is 12.6 Å². The van der Waals surface area contributed by atoms with Gasteiger partial charge in [0.1, 0.15) is 5.75 Å². The number of hydrogen-bond acceptors (Lipinski definition) is 3. The van der Waals surface area contributed by atoms with Gasteiger partial charge in [-0.15, -0.1) is 11.3 Å². The average Bonchev–Trinajstić information content (AvgIpc) is 2.85. The van der Waals surface area contributed by atoms with Crippen molar-refractivity contribution in [3.8, 4) is 5.75 Å². The van der Waals surface area contributed by atoms with Gasteiger partial charge < -0.3 is 10.1 Å². The van der Waals surface area contributed by atoms with E-state index in [4.69, 9.17) is 4.74 Å². The summed E-state index contributed by atoms with van der Waals surface area (Å²) in [4.78, 5) is 2.76. The molecular weight excluding hydrogens is 254 g/mol. The molecule has 1 atom stereocenters. The van der Waals surface area contributed by atoms with Gasteiger partial charge in [-0.25, -0.2) is 0 Å². The van der Waals surface area contributed by atoms with Gasteiger partial charge in [0.15, 0.2) is 0 Å². The molecule has 0 saturated heterocycles. The highest BCUT2D eigenvalue weighted by molar-refractivity contribution is 7.12. The highest BCUT2D eigenvalue weighted by Gasteiger charge is 2.06. The Morgan fingerprint density at radius 1 is 1.16 bits per heavy atom. The fourth-order valence-electron chi connectivity index (χ4n) is 1.93. The van der Waals surface area contributed by atoms with Crippen LogP contribution in [0.1, 0.15) is 35.2 Å². The van der Waals surface area contributed by atoms with Gasteiger partial charge in [0, 0.05) is 22.3 Å². The third-order valence-electron chi connectivity index (χ3n) is 3.03. The maximum atomic E-state index is 5.44. The zero-order chi connectivity index (χ0) is 13.7. The lowest BCUT2D eigenvalue weighted by Crippen LogP contribution is -2.17. The van der Waals surface area contributed by atoms with Crippen LogP contribution < -0.4 is 10.1 Å². The van der Waals surface area contributed by atoms with Gasteiger partial charge in [-0.1, -0.05) is 12.1 Å². The molecule has 0 aliphatic rings. The SMILES string of the molecule is CCOc1ccc(CNC(C)c2ccc(C)s2)cc1. The lowest BCUT2D eigenvalue weighted by atomic mass is 10.2. The minimum Gasteiger partial charge on any atom is -0.494 e. The summed E-state index contributed by atoms with van der Waals surface area (Å²) < 4.78 is 5.44. The summed E-state index contributed by atoms with van der Waals surface area (Å²) in [6.07, 6.45) is 0. The summed E-state index contributed by atoms with van der Waals surface area (Å²) in [5.74, 6) is 0.938. The van der Waals surface area contributed by atoms with E-state index >= 15 is 0 Å². The first-order valence-corrected chi connectivity index (χ1v) is 7.52. The van der Waals surface area contributed by atoms with Crippen LogP contribution in [0.15, 0.2) is 36.4 Å². The molecule has 0 saturated carbocycles. The van der Waals surface area contributed by atoms with Gasteiger partial charge in [-0.3, -0.25) is 0 Å². The van der Waals surface area contributed by atoms with Gasteiger partial charge in [0.05, 0.1) is 6.61 Å². The van der Waals surface area contributed by atoms with Crippen molar-refractivity contribution in [2.75, 3.05) is 6.61 Å². The Labute approximate surface area is 119 Å². The summed E-state index contributed by atoms with van der Waals surface area (Å²) in [7, 11) is 0. The van der Waals surface area contributed by atoms with Crippen LogP contribution in [0.4, 0.5) is 0 Å². The largest absolute Gasteiger partial charge is 0.494 e. The summed E-state index contributed by atoms with van der Waals surface area (Å²) in [6.45, 7) is 7.95. The molecule has 1 aromatic heterocycles. The Morgan fingerprint density at radius 2 is 1.89 bits per heavy atom. The Kier molecular flexibility index (Phi) is 5.00. The monoisotopic (exact) mass is 275 g/mol. The summed E-state index contributed by atoms with van der Waals surface area (Å²) in [6, 6.07) is 13.1. The average molecular weight is 275 g/mol. The zero-order valence-corrected chi connectivity index (χ0v) is 12.6. The molecule has 3 heteroatoms. The van der Waals surface area contributed by atoms with Crippen LogP contribution in [0, 0.1) is 6.92 Å². The number of benzene rings is 1. The zero-order valence-electron chi connectivity index (χ0n) is 11.8. The molecule has 1 heterocycles. The number of ether oxygens (including phenoxy) is 1. The van der Waals surface area contributed by atoms with Crippen LogP contribution in [0.2, 0.25) is 0 Å². The number of rotatable bonds is 6. The second kappa shape index (κ2) is 6.73. The first kappa shape index (κ1) is 14.1. The van der Waals surface area contributed by atoms with E-state index in [2.05, 4.69) is 43.4 Å². The molecular formula is C16H21NOS. The Morgan fingerprint density at radius 3 is 2.47 bits per heavy atom. The van der Waals surface area contributed by atoms with Crippen molar-refractivity contribution in [3.05, 3.63) is 51.7 Å². The summed E-state index contributed by atoms with van der Waals surface area (Å²) in [5.41, 5.74) is 1.28. The number of thiophene rings is 1. The molecule has 0 fully saturated rings. The maximum absolute atomic E-state index is 5.44. The van der Waals surface area contributed by atoms with Gasteiger partial charge in [0.25, 0.3) is 0 Å². The van der Waals surface area contributed by atoms with E-state index in [9.17, 15) is 0 Å². The molecule has 0 aliphatic carbocycles. The standard InChI is InChI=1S/C16H21NOS/c1-4-18-15-8-6-14(7-9-15)11-17-13(3)16-10-5-12(2)19-16/h5-10,13,17H,4,11H2,1-3H3. The smallest absolute Gasteiger partial charge is 0.119 e.